The van der Waals surface area contributed by atoms with Crippen molar-refractivity contribution in [1.29, 1.82) is 0 Å². The summed E-state index contributed by atoms with van der Waals surface area (Å²) in [6.45, 7) is 9.05. The van der Waals surface area contributed by atoms with Crippen molar-refractivity contribution in [1.82, 2.24) is 10.4 Å². The van der Waals surface area contributed by atoms with Crippen LogP contribution in [0.5, 0.6) is 5.75 Å². The number of carbonyl (C=O) groups is 5. The van der Waals surface area contributed by atoms with Gasteiger partial charge in [0.05, 0.1) is 171 Å². The molecule has 1 aliphatic carbocycles. The molecule has 422 valence electrons. The highest BCUT2D eigenvalue weighted by molar-refractivity contribution is 6.11. The topological polar surface area (TPSA) is 300 Å². The van der Waals surface area contributed by atoms with E-state index in [4.69, 9.17) is 66.1 Å². The summed E-state index contributed by atoms with van der Waals surface area (Å²) in [5, 5.41) is 16.4. The number of rotatable bonds is 43. The van der Waals surface area contributed by atoms with E-state index in [-0.39, 0.29) is 91.4 Å². The van der Waals surface area contributed by atoms with Crippen molar-refractivity contribution in [3.05, 3.63) is 80.9 Å². The number of imide groups is 1. The summed E-state index contributed by atoms with van der Waals surface area (Å²) in [5.74, 6) is -3.24. The molecule has 0 saturated carbocycles. The van der Waals surface area contributed by atoms with Crippen LogP contribution in [0.15, 0.2) is 69.0 Å². The first-order chi connectivity index (χ1) is 37.7. The van der Waals surface area contributed by atoms with Crippen LogP contribution in [0.4, 0.5) is 0 Å². The Balaban J connectivity index is 0.730. The third-order valence-corrected chi connectivity index (χ3v) is 10.8. The highest BCUT2D eigenvalue weighted by Gasteiger charge is 2.32. The van der Waals surface area contributed by atoms with Crippen LogP contribution in [0.25, 0.3) is 33.4 Å². The van der Waals surface area contributed by atoms with Gasteiger partial charge in [-0.15, -0.1) is 9.97 Å². The second-order valence-corrected chi connectivity index (χ2v) is 16.4. The number of hydrogen-bond donors (Lipinski definition) is 2. The summed E-state index contributed by atoms with van der Waals surface area (Å²) in [6, 6.07) is 12.9. The lowest BCUT2D eigenvalue weighted by molar-refractivity contribution is -0.198. The van der Waals surface area contributed by atoms with Gasteiger partial charge in [-0.25, -0.2) is 4.79 Å². The number of nitrogens with zero attached hydrogens (tertiary/aromatic N) is 2. The molecule has 5 rings (SSSR count). The first-order valence-electron chi connectivity index (χ1n) is 25.2. The Hall–Kier alpha value is -6.20. The van der Waals surface area contributed by atoms with E-state index in [9.17, 15) is 38.8 Å². The molecule has 0 atom stereocenters. The van der Waals surface area contributed by atoms with Gasteiger partial charge in [0.15, 0.2) is 5.43 Å². The summed E-state index contributed by atoms with van der Waals surface area (Å²) < 4.78 is 71.5. The lowest BCUT2D eigenvalue weighted by Gasteiger charge is -2.17. The van der Waals surface area contributed by atoms with Crippen LogP contribution >= 0.6 is 0 Å². The molecule has 4 amide bonds. The minimum atomic E-state index is -1.10. The number of fused-ring (bicyclic) bond motifs is 2. The minimum absolute atomic E-state index is 0.0452. The maximum atomic E-state index is 13.0. The standard InChI is InChI=1S/C52H67N3O22/c56-39-2-5-42-45(36-39)76-46-37-40(57)3-6-43(46)50(42)41-4-1-38(35-44(41)52(62)54-63)51(61)53-10-12-65-14-16-67-18-20-69-22-24-71-26-28-73-30-32-75-34-33-74-31-29-72-27-25-70-23-21-68-19-17-66-15-13-64-11-9-49(60)77-55-47(58)7-8-48(55)59/h1-6,35-37,56H,7-34H2,(H,53,61). The predicted octanol–water partition coefficient (Wildman–Crippen LogP) is 3.10. The molecule has 25 heteroatoms. The van der Waals surface area contributed by atoms with Crippen LogP contribution in [0, 0.1) is 4.91 Å². The van der Waals surface area contributed by atoms with E-state index in [1.54, 1.807) is 12.1 Å². The molecule has 2 N–H and O–H groups in total. The summed E-state index contributed by atoms with van der Waals surface area (Å²) in [5.41, 5.74) is 1.12. The second kappa shape index (κ2) is 36.8. The maximum absolute atomic E-state index is 13.0. The molecule has 2 aliphatic heterocycles. The van der Waals surface area contributed by atoms with E-state index in [1.165, 1.54) is 42.5 Å². The van der Waals surface area contributed by atoms with Gasteiger partial charge in [-0.2, -0.15) is 0 Å². The molecule has 0 unspecified atom stereocenters. The molecular formula is C52H67N3O22. The number of phenols is 1. The zero-order valence-electron chi connectivity index (χ0n) is 42.9. The van der Waals surface area contributed by atoms with Gasteiger partial charge in [0.25, 0.3) is 17.7 Å². The number of nitrogens with one attached hydrogen (secondary N) is 1. The molecule has 0 spiro atoms. The number of aromatic hydroxyl groups is 1. The molecule has 0 bridgehead atoms. The van der Waals surface area contributed by atoms with Gasteiger partial charge in [0, 0.05) is 58.8 Å². The molecule has 25 nitrogen and oxygen atoms in total. The first kappa shape index (κ1) is 61.7. The smallest absolute Gasteiger partial charge is 0.335 e. The van der Waals surface area contributed by atoms with E-state index < -0.39 is 29.6 Å². The fourth-order valence-electron chi connectivity index (χ4n) is 7.10. The quantitative estimate of drug-likeness (QED) is 0.0278. The fraction of sp³-hybridized carbons (Fsp3) is 0.538. The number of phenolic OH excluding ortho intramolecular Hbond substituents is 1. The van der Waals surface area contributed by atoms with Crippen LogP contribution in [0.1, 0.15) is 40.0 Å². The van der Waals surface area contributed by atoms with Gasteiger partial charge in [-0.05, 0) is 42.0 Å². The average molecular weight is 1090 g/mol. The van der Waals surface area contributed by atoms with Gasteiger partial charge in [-0.3, -0.25) is 24.0 Å². The lowest BCUT2D eigenvalue weighted by atomic mass is 9.89. The molecule has 1 fully saturated rings. The van der Waals surface area contributed by atoms with Crippen molar-refractivity contribution in [3.63, 3.8) is 0 Å². The number of carbonyl (C=O) groups excluding carboxylic acids is 5. The number of benzene rings is 3. The molecule has 2 aromatic carbocycles. The third kappa shape index (κ3) is 23.1. The molecule has 2 heterocycles. The maximum Gasteiger partial charge on any atom is 0.335 e. The Morgan fingerprint density at radius 2 is 0.974 bits per heavy atom. The first-order valence-corrected chi connectivity index (χ1v) is 25.2. The van der Waals surface area contributed by atoms with Gasteiger partial charge in [-0.1, -0.05) is 6.07 Å². The van der Waals surface area contributed by atoms with Crippen molar-refractivity contribution in [2.45, 2.75) is 19.3 Å². The predicted molar refractivity (Wildman–Crippen MR) is 270 cm³/mol. The van der Waals surface area contributed by atoms with Crippen molar-refractivity contribution in [2.24, 2.45) is 5.18 Å². The van der Waals surface area contributed by atoms with Crippen LogP contribution < -0.4 is 10.7 Å². The molecule has 2 aromatic rings. The zero-order valence-corrected chi connectivity index (χ0v) is 42.9. The Morgan fingerprint density at radius 1 is 0.532 bits per heavy atom. The molecule has 3 aliphatic rings. The number of hydrogen-bond acceptors (Lipinski definition) is 22. The summed E-state index contributed by atoms with van der Waals surface area (Å²) in [4.78, 5) is 88.8. The van der Waals surface area contributed by atoms with E-state index in [0.29, 0.717) is 154 Å². The van der Waals surface area contributed by atoms with E-state index in [1.807, 2.05) is 0 Å². The van der Waals surface area contributed by atoms with Gasteiger partial charge < -0.3 is 76.5 Å². The Bertz CT molecular complexity index is 2450. The summed E-state index contributed by atoms with van der Waals surface area (Å²) in [6.07, 6.45) is -0.000582. The second-order valence-electron chi connectivity index (χ2n) is 16.4. The molecule has 77 heavy (non-hydrogen) atoms. The number of hydroxylamine groups is 2. The van der Waals surface area contributed by atoms with Crippen molar-refractivity contribution < 1.29 is 95.2 Å². The number of nitroso groups, excluding NO2 is 1. The largest absolute Gasteiger partial charge is 0.508 e. The van der Waals surface area contributed by atoms with Gasteiger partial charge in [0.1, 0.15) is 17.1 Å². The highest BCUT2D eigenvalue weighted by atomic mass is 16.7. The normalized spacial score (nSPS) is 12.5. The third-order valence-electron chi connectivity index (χ3n) is 10.8. The SMILES string of the molecule is O=NC(=O)c1cc(C(=O)NCCOCCOCCOCCOCCOCCOCCOCCOCCOCCOCCOCCOCCC(=O)ON2C(=O)CCC2=O)ccc1-c1c2ccc(=O)cc-2oc2cc(O)ccc12. The molecular weight excluding hydrogens is 1020 g/mol. The monoisotopic (exact) mass is 1090 g/mol. The van der Waals surface area contributed by atoms with Crippen LogP contribution in [-0.4, -0.2) is 205 Å². The Labute approximate surface area is 443 Å². The molecule has 0 radical (unpaired) electrons. The van der Waals surface area contributed by atoms with Crippen LogP contribution in [0.2, 0.25) is 0 Å². The minimum Gasteiger partial charge on any atom is -0.508 e. The summed E-state index contributed by atoms with van der Waals surface area (Å²) >= 11 is 0. The van der Waals surface area contributed by atoms with E-state index >= 15 is 0 Å². The van der Waals surface area contributed by atoms with Crippen molar-refractivity contribution in [3.8, 4) is 28.2 Å². The fourth-order valence-corrected chi connectivity index (χ4v) is 7.10. The van der Waals surface area contributed by atoms with E-state index in [0.717, 1.165) is 0 Å². The van der Waals surface area contributed by atoms with E-state index in [2.05, 4.69) is 10.5 Å². The summed E-state index contributed by atoms with van der Waals surface area (Å²) in [7, 11) is 0. The average Bonchev–Trinajstić information content (AvgIpc) is 3.75. The van der Waals surface area contributed by atoms with Crippen LogP contribution in [-0.2, 0) is 76.1 Å². The zero-order chi connectivity index (χ0) is 54.7. The van der Waals surface area contributed by atoms with Gasteiger partial charge >= 0.3 is 11.9 Å². The Kier molecular flexibility index (Phi) is 29.4. The van der Waals surface area contributed by atoms with Gasteiger partial charge in [0.2, 0.25) is 0 Å². The molecule has 1 saturated heterocycles. The number of ether oxygens (including phenoxy) is 12. The molecule has 0 aromatic heterocycles. The lowest BCUT2D eigenvalue weighted by Crippen LogP contribution is -2.32. The number of amides is 4. The van der Waals surface area contributed by atoms with Crippen LogP contribution in [0.3, 0.4) is 0 Å². The van der Waals surface area contributed by atoms with Crippen molar-refractivity contribution in [2.75, 3.05) is 165 Å². The van der Waals surface area contributed by atoms with Crippen molar-refractivity contribution >= 4 is 40.6 Å². The highest BCUT2D eigenvalue weighted by Crippen LogP contribution is 2.42. The Morgan fingerprint density at radius 3 is 1.44 bits per heavy atom.